The van der Waals surface area contributed by atoms with E-state index in [0.29, 0.717) is 36.8 Å². The molecular weight excluding hydrogens is 246 g/mol. The van der Waals surface area contributed by atoms with Gasteiger partial charge in [0, 0.05) is 25.6 Å². The van der Waals surface area contributed by atoms with Crippen LogP contribution >= 0.6 is 0 Å². The van der Waals surface area contributed by atoms with Crippen molar-refractivity contribution in [1.82, 2.24) is 15.4 Å². The van der Waals surface area contributed by atoms with E-state index in [1.54, 1.807) is 6.92 Å². The molecule has 3 heterocycles. The molecule has 1 N–H and O–H groups in total. The Kier molecular flexibility index (Phi) is 3.00. The van der Waals surface area contributed by atoms with Gasteiger partial charge in [-0.1, -0.05) is 5.16 Å². The molecule has 19 heavy (non-hydrogen) atoms. The molecule has 2 unspecified atom stereocenters. The molecule has 102 valence electrons. The monoisotopic (exact) mass is 263 g/mol. The molecule has 1 aromatic heterocycles. The highest BCUT2D eigenvalue weighted by molar-refractivity contribution is 5.94. The van der Waals surface area contributed by atoms with Crippen molar-refractivity contribution in [3.05, 3.63) is 17.5 Å². The van der Waals surface area contributed by atoms with Crippen LogP contribution in [0.2, 0.25) is 0 Å². The summed E-state index contributed by atoms with van der Waals surface area (Å²) in [5.74, 6) is 1.05. The predicted octanol–water partition coefficient (Wildman–Crippen LogP) is 0.724. The molecule has 2 saturated heterocycles. The van der Waals surface area contributed by atoms with Crippen molar-refractivity contribution in [2.75, 3.05) is 13.1 Å². The fourth-order valence-electron chi connectivity index (χ4n) is 2.97. The lowest BCUT2D eigenvalue weighted by Gasteiger charge is -2.41. The Hall–Kier alpha value is -1.85. The van der Waals surface area contributed by atoms with Crippen molar-refractivity contribution in [3.8, 4) is 0 Å². The van der Waals surface area contributed by atoms with Gasteiger partial charge in [-0.15, -0.1) is 0 Å². The van der Waals surface area contributed by atoms with Gasteiger partial charge in [0.25, 0.3) is 5.91 Å². The topological polar surface area (TPSA) is 75.4 Å². The molecule has 1 aromatic rings. The molecule has 2 aliphatic heterocycles. The third-order valence-electron chi connectivity index (χ3n) is 4.09. The van der Waals surface area contributed by atoms with Crippen molar-refractivity contribution >= 4 is 11.8 Å². The molecule has 0 aromatic carbocycles. The second-order valence-electron chi connectivity index (χ2n) is 5.31. The number of hydrogen-bond acceptors (Lipinski definition) is 4. The van der Waals surface area contributed by atoms with Gasteiger partial charge in [-0.3, -0.25) is 9.59 Å². The lowest BCUT2D eigenvalue weighted by molar-refractivity contribution is -0.125. The molecule has 0 bridgehead atoms. The van der Waals surface area contributed by atoms with E-state index >= 15 is 0 Å². The number of nitrogens with one attached hydrogen (secondary N) is 1. The maximum absolute atomic E-state index is 12.4. The van der Waals surface area contributed by atoms with Gasteiger partial charge < -0.3 is 14.7 Å². The number of aryl methyl sites for hydroxylation is 1. The lowest BCUT2D eigenvalue weighted by Crippen LogP contribution is -2.55. The molecule has 2 aliphatic rings. The van der Waals surface area contributed by atoms with Crippen molar-refractivity contribution < 1.29 is 14.1 Å². The number of nitrogens with zero attached hydrogens (tertiary/aromatic N) is 2. The fourth-order valence-corrected chi connectivity index (χ4v) is 2.97. The number of likely N-dealkylation sites (tertiary alicyclic amines) is 1. The van der Waals surface area contributed by atoms with Crippen LogP contribution in [0, 0.1) is 12.8 Å². The molecule has 0 aliphatic carbocycles. The lowest BCUT2D eigenvalue weighted by atomic mass is 9.85. The van der Waals surface area contributed by atoms with Gasteiger partial charge in [-0.25, -0.2) is 0 Å². The van der Waals surface area contributed by atoms with E-state index in [0.717, 1.165) is 12.8 Å². The number of piperidine rings is 2. The fraction of sp³-hybridized carbons (Fsp3) is 0.615. The summed E-state index contributed by atoms with van der Waals surface area (Å²) in [6.07, 6.45) is 3.73. The summed E-state index contributed by atoms with van der Waals surface area (Å²) >= 11 is 0. The first-order valence-electron chi connectivity index (χ1n) is 6.65. The zero-order chi connectivity index (χ0) is 13.4. The second kappa shape index (κ2) is 4.68. The van der Waals surface area contributed by atoms with Crippen LogP contribution in [-0.4, -0.2) is 41.0 Å². The van der Waals surface area contributed by atoms with Crippen LogP contribution in [0.4, 0.5) is 0 Å². The Balaban J connectivity index is 1.70. The average molecular weight is 263 g/mol. The number of carbonyl (C=O) groups excluding carboxylic acids is 2. The van der Waals surface area contributed by atoms with Crippen molar-refractivity contribution in [1.29, 1.82) is 0 Å². The molecule has 6 nitrogen and oxygen atoms in total. The van der Waals surface area contributed by atoms with Gasteiger partial charge in [0.05, 0.1) is 6.20 Å². The highest BCUT2D eigenvalue weighted by Gasteiger charge is 2.36. The van der Waals surface area contributed by atoms with Crippen LogP contribution in [0.1, 0.15) is 35.4 Å². The first-order valence-corrected chi connectivity index (χ1v) is 6.65. The number of rotatable bonds is 1. The average Bonchev–Trinajstić information content (AvgIpc) is 2.83. The maximum atomic E-state index is 12.4. The van der Waals surface area contributed by atoms with Crippen molar-refractivity contribution in [3.63, 3.8) is 0 Å². The predicted molar refractivity (Wildman–Crippen MR) is 66.4 cm³/mol. The smallest absolute Gasteiger partial charge is 0.259 e. The van der Waals surface area contributed by atoms with E-state index in [2.05, 4.69) is 10.5 Å². The van der Waals surface area contributed by atoms with E-state index in [1.165, 1.54) is 6.20 Å². The summed E-state index contributed by atoms with van der Waals surface area (Å²) in [5.41, 5.74) is 0.540. The number of hydrogen-bond donors (Lipinski definition) is 1. The standard InChI is InChI=1S/C13H17N3O3/c1-8-10(6-14-19-8)13(18)16-5-4-11-9(7-16)2-3-12(17)15-11/h6,9,11H,2-5,7H2,1H3,(H,15,17). The molecule has 0 saturated carbocycles. The SMILES string of the molecule is Cc1oncc1C(=O)N1CCC2NC(=O)CCC2C1. The summed E-state index contributed by atoms with van der Waals surface area (Å²) in [6.45, 7) is 3.12. The van der Waals surface area contributed by atoms with Gasteiger partial charge in [-0.05, 0) is 25.7 Å². The first kappa shape index (κ1) is 12.2. The number of amides is 2. The summed E-state index contributed by atoms with van der Waals surface area (Å²) in [7, 11) is 0. The van der Waals surface area contributed by atoms with Gasteiger partial charge in [0.2, 0.25) is 5.91 Å². The van der Waals surface area contributed by atoms with E-state index < -0.39 is 0 Å². The minimum Gasteiger partial charge on any atom is -0.361 e. The van der Waals surface area contributed by atoms with Crippen molar-refractivity contribution in [2.45, 2.75) is 32.2 Å². The molecule has 6 heteroatoms. The molecular formula is C13H17N3O3. The van der Waals surface area contributed by atoms with E-state index in [-0.39, 0.29) is 17.9 Å². The third kappa shape index (κ3) is 2.22. The normalized spacial score (nSPS) is 26.8. The van der Waals surface area contributed by atoms with Gasteiger partial charge in [0.1, 0.15) is 11.3 Å². The Morgan fingerprint density at radius 2 is 2.37 bits per heavy atom. The minimum absolute atomic E-state index is 0.0194. The van der Waals surface area contributed by atoms with Crippen molar-refractivity contribution in [2.24, 2.45) is 5.92 Å². The van der Waals surface area contributed by atoms with Gasteiger partial charge >= 0.3 is 0 Å². The van der Waals surface area contributed by atoms with Crippen LogP contribution in [0.5, 0.6) is 0 Å². The van der Waals surface area contributed by atoms with Crippen LogP contribution in [0.25, 0.3) is 0 Å². The highest BCUT2D eigenvalue weighted by Crippen LogP contribution is 2.26. The third-order valence-corrected chi connectivity index (χ3v) is 4.09. The molecule has 0 radical (unpaired) electrons. The Bertz CT molecular complexity index is 511. The zero-order valence-corrected chi connectivity index (χ0v) is 10.9. The van der Waals surface area contributed by atoms with Crippen LogP contribution in [-0.2, 0) is 4.79 Å². The molecule has 3 rings (SSSR count). The minimum atomic E-state index is -0.0194. The largest absolute Gasteiger partial charge is 0.361 e. The molecule has 2 atom stereocenters. The quantitative estimate of drug-likeness (QED) is 0.810. The number of aromatic nitrogens is 1. The number of fused-ring (bicyclic) bond motifs is 1. The summed E-state index contributed by atoms with van der Waals surface area (Å²) < 4.78 is 4.94. The zero-order valence-electron chi connectivity index (χ0n) is 10.9. The van der Waals surface area contributed by atoms with Crippen LogP contribution in [0.15, 0.2) is 10.7 Å². The summed E-state index contributed by atoms with van der Waals surface area (Å²) in [6, 6.07) is 0.230. The summed E-state index contributed by atoms with van der Waals surface area (Å²) in [4.78, 5) is 25.6. The molecule has 2 fully saturated rings. The number of carbonyl (C=O) groups is 2. The van der Waals surface area contributed by atoms with Crippen LogP contribution < -0.4 is 5.32 Å². The van der Waals surface area contributed by atoms with E-state index in [1.807, 2.05) is 4.90 Å². The Morgan fingerprint density at radius 3 is 3.11 bits per heavy atom. The van der Waals surface area contributed by atoms with Gasteiger partial charge in [0.15, 0.2) is 0 Å². The summed E-state index contributed by atoms with van der Waals surface area (Å²) in [5, 5.41) is 6.67. The molecule has 2 amide bonds. The van der Waals surface area contributed by atoms with Crippen LogP contribution in [0.3, 0.4) is 0 Å². The Morgan fingerprint density at radius 1 is 1.53 bits per heavy atom. The maximum Gasteiger partial charge on any atom is 0.259 e. The molecule has 0 spiro atoms. The highest BCUT2D eigenvalue weighted by atomic mass is 16.5. The second-order valence-corrected chi connectivity index (χ2v) is 5.31. The first-order chi connectivity index (χ1) is 9.15. The van der Waals surface area contributed by atoms with E-state index in [4.69, 9.17) is 4.52 Å². The van der Waals surface area contributed by atoms with Gasteiger partial charge in [-0.2, -0.15) is 0 Å². The Labute approximate surface area is 111 Å². The van der Waals surface area contributed by atoms with E-state index in [9.17, 15) is 9.59 Å².